The Morgan fingerprint density at radius 1 is 1.71 bits per heavy atom. The molecule has 1 N–H and O–H groups in total. The minimum absolute atomic E-state index is 0.497. The van der Waals surface area contributed by atoms with E-state index in [1.807, 2.05) is 6.20 Å². The van der Waals surface area contributed by atoms with E-state index < -0.39 is 0 Å². The minimum Gasteiger partial charge on any atom is -0.381 e. The number of imidazole rings is 1. The molecule has 0 saturated carbocycles. The smallest absolute Gasteiger partial charge is 0.193 e. The summed E-state index contributed by atoms with van der Waals surface area (Å²) in [6.07, 6.45) is 5.31. The van der Waals surface area contributed by atoms with Gasteiger partial charge in [-0.25, -0.2) is 4.98 Å². The average molecular weight is 251 g/mol. The van der Waals surface area contributed by atoms with Crippen LogP contribution in [-0.2, 0) is 11.3 Å². The summed E-state index contributed by atoms with van der Waals surface area (Å²) >= 11 is 1.67. The molecule has 0 bridgehead atoms. The Morgan fingerprint density at radius 2 is 2.65 bits per heavy atom. The van der Waals surface area contributed by atoms with Gasteiger partial charge in [-0.3, -0.25) is 4.40 Å². The highest BCUT2D eigenvalue weighted by Crippen LogP contribution is 2.17. The van der Waals surface area contributed by atoms with E-state index >= 15 is 0 Å². The van der Waals surface area contributed by atoms with Crippen molar-refractivity contribution in [2.75, 3.05) is 13.2 Å². The van der Waals surface area contributed by atoms with Gasteiger partial charge in [-0.15, -0.1) is 11.3 Å². The highest BCUT2D eigenvalue weighted by molar-refractivity contribution is 7.15. The van der Waals surface area contributed by atoms with Crippen molar-refractivity contribution in [2.45, 2.75) is 25.9 Å². The predicted octanol–water partition coefficient (Wildman–Crippen LogP) is 1.91. The number of rotatable bonds is 4. The van der Waals surface area contributed by atoms with Gasteiger partial charge in [0.15, 0.2) is 4.96 Å². The summed E-state index contributed by atoms with van der Waals surface area (Å²) < 4.78 is 7.48. The molecule has 2 aromatic heterocycles. The van der Waals surface area contributed by atoms with Crippen molar-refractivity contribution >= 4 is 16.3 Å². The van der Waals surface area contributed by atoms with Gasteiger partial charge in [0.25, 0.3) is 0 Å². The Morgan fingerprint density at radius 3 is 3.41 bits per heavy atom. The van der Waals surface area contributed by atoms with Crippen molar-refractivity contribution in [1.29, 1.82) is 0 Å². The topological polar surface area (TPSA) is 38.6 Å². The van der Waals surface area contributed by atoms with E-state index in [0.29, 0.717) is 12.0 Å². The first-order chi connectivity index (χ1) is 8.33. The third-order valence-electron chi connectivity index (χ3n) is 3.42. The van der Waals surface area contributed by atoms with Crippen LogP contribution in [0.5, 0.6) is 0 Å². The summed E-state index contributed by atoms with van der Waals surface area (Å²) in [5.74, 6) is 0.652. The van der Waals surface area contributed by atoms with Crippen LogP contribution in [-0.4, -0.2) is 28.6 Å². The highest BCUT2D eigenvalue weighted by Gasteiger charge is 2.21. The third-order valence-corrected chi connectivity index (χ3v) is 4.19. The maximum atomic E-state index is 5.41. The zero-order valence-corrected chi connectivity index (χ0v) is 10.7. The molecule has 2 unspecified atom stereocenters. The summed E-state index contributed by atoms with van der Waals surface area (Å²) in [4.78, 5) is 5.63. The van der Waals surface area contributed by atoms with E-state index in [1.165, 1.54) is 6.42 Å². The van der Waals surface area contributed by atoms with Gasteiger partial charge in [-0.1, -0.05) is 0 Å². The molecule has 0 aliphatic carbocycles. The zero-order valence-electron chi connectivity index (χ0n) is 9.93. The lowest BCUT2D eigenvalue weighted by molar-refractivity contribution is 0.178. The van der Waals surface area contributed by atoms with Crippen molar-refractivity contribution in [3.8, 4) is 0 Å². The molecule has 3 heterocycles. The van der Waals surface area contributed by atoms with Gasteiger partial charge < -0.3 is 10.1 Å². The molecule has 1 fully saturated rings. The number of nitrogens with one attached hydrogen (secondary N) is 1. The maximum absolute atomic E-state index is 5.41. The SMILES string of the molecule is CC(NCc1cn2ccsc2n1)C1CCOC1. The molecule has 92 valence electrons. The zero-order chi connectivity index (χ0) is 11.7. The Labute approximate surface area is 105 Å². The summed E-state index contributed by atoms with van der Waals surface area (Å²) in [7, 11) is 0. The van der Waals surface area contributed by atoms with Crippen LogP contribution in [0.25, 0.3) is 4.96 Å². The molecule has 1 aliphatic rings. The first-order valence-corrected chi connectivity index (χ1v) is 6.93. The van der Waals surface area contributed by atoms with Crippen molar-refractivity contribution in [3.63, 3.8) is 0 Å². The van der Waals surface area contributed by atoms with Crippen LogP contribution in [0.4, 0.5) is 0 Å². The Balaban J connectivity index is 1.58. The van der Waals surface area contributed by atoms with Crippen LogP contribution in [0, 0.1) is 5.92 Å². The Bertz CT molecular complexity index is 458. The lowest BCUT2D eigenvalue weighted by Gasteiger charge is -2.18. The van der Waals surface area contributed by atoms with Gasteiger partial charge in [0.1, 0.15) is 0 Å². The van der Waals surface area contributed by atoms with Crippen molar-refractivity contribution in [1.82, 2.24) is 14.7 Å². The van der Waals surface area contributed by atoms with E-state index in [4.69, 9.17) is 4.74 Å². The molecule has 0 aromatic carbocycles. The fourth-order valence-electron chi connectivity index (χ4n) is 2.24. The third kappa shape index (κ3) is 2.36. The molecule has 4 nitrogen and oxygen atoms in total. The van der Waals surface area contributed by atoms with Gasteiger partial charge in [0.05, 0.1) is 12.3 Å². The number of hydrogen-bond acceptors (Lipinski definition) is 4. The second-order valence-corrected chi connectivity index (χ2v) is 5.49. The molecule has 1 aliphatic heterocycles. The van der Waals surface area contributed by atoms with E-state index in [9.17, 15) is 0 Å². The number of nitrogens with zero attached hydrogens (tertiary/aromatic N) is 2. The summed E-state index contributed by atoms with van der Waals surface area (Å²) in [6.45, 7) is 4.88. The van der Waals surface area contributed by atoms with E-state index in [2.05, 4.69) is 33.2 Å². The number of aromatic nitrogens is 2. The minimum atomic E-state index is 0.497. The fraction of sp³-hybridized carbons (Fsp3) is 0.583. The fourth-order valence-corrected chi connectivity index (χ4v) is 2.96. The molecule has 1 saturated heterocycles. The van der Waals surface area contributed by atoms with E-state index in [1.54, 1.807) is 11.3 Å². The molecule has 17 heavy (non-hydrogen) atoms. The second-order valence-electron chi connectivity index (χ2n) is 4.62. The number of fused-ring (bicyclic) bond motifs is 1. The Hall–Kier alpha value is -0.910. The first-order valence-electron chi connectivity index (χ1n) is 6.05. The van der Waals surface area contributed by atoms with Crippen LogP contribution < -0.4 is 5.32 Å². The average Bonchev–Trinajstić information content (AvgIpc) is 3.01. The van der Waals surface area contributed by atoms with Crippen LogP contribution in [0.2, 0.25) is 0 Å². The van der Waals surface area contributed by atoms with Gasteiger partial charge >= 0.3 is 0 Å². The first kappa shape index (κ1) is 11.2. The van der Waals surface area contributed by atoms with Gasteiger partial charge in [0, 0.05) is 37.0 Å². The maximum Gasteiger partial charge on any atom is 0.193 e. The summed E-state index contributed by atoms with van der Waals surface area (Å²) in [5.41, 5.74) is 1.11. The van der Waals surface area contributed by atoms with Crippen LogP contribution in [0.1, 0.15) is 19.0 Å². The highest BCUT2D eigenvalue weighted by atomic mass is 32.1. The van der Waals surface area contributed by atoms with Gasteiger partial charge in [0.2, 0.25) is 0 Å². The predicted molar refractivity (Wildman–Crippen MR) is 68.3 cm³/mol. The van der Waals surface area contributed by atoms with Crippen molar-refractivity contribution < 1.29 is 4.74 Å². The number of thiazole rings is 1. The van der Waals surface area contributed by atoms with Gasteiger partial charge in [-0.2, -0.15) is 0 Å². The standard InChI is InChI=1S/C12H17N3OS/c1-9(10-2-4-16-8-10)13-6-11-7-15-3-5-17-12(15)14-11/h3,5,7,9-10,13H,2,4,6,8H2,1H3. The number of ether oxygens (including phenoxy) is 1. The largest absolute Gasteiger partial charge is 0.381 e. The van der Waals surface area contributed by atoms with E-state index in [0.717, 1.165) is 30.4 Å². The normalized spacial score (nSPS) is 22.3. The molecule has 2 atom stereocenters. The Kier molecular flexibility index (Phi) is 3.13. The van der Waals surface area contributed by atoms with Crippen LogP contribution in [0.3, 0.4) is 0 Å². The molecule has 0 spiro atoms. The van der Waals surface area contributed by atoms with Crippen LogP contribution in [0.15, 0.2) is 17.8 Å². The van der Waals surface area contributed by atoms with E-state index in [-0.39, 0.29) is 0 Å². The van der Waals surface area contributed by atoms with Gasteiger partial charge in [-0.05, 0) is 19.3 Å². The quantitative estimate of drug-likeness (QED) is 0.902. The summed E-state index contributed by atoms with van der Waals surface area (Å²) in [6, 6.07) is 0.497. The molecular weight excluding hydrogens is 234 g/mol. The lowest BCUT2D eigenvalue weighted by Crippen LogP contribution is -2.33. The lowest BCUT2D eigenvalue weighted by atomic mass is 10.0. The molecule has 5 heteroatoms. The monoisotopic (exact) mass is 251 g/mol. The van der Waals surface area contributed by atoms with Crippen LogP contribution >= 0.6 is 11.3 Å². The number of hydrogen-bond donors (Lipinski definition) is 1. The molecule has 0 radical (unpaired) electrons. The molecule has 0 amide bonds. The second kappa shape index (κ2) is 4.76. The summed E-state index contributed by atoms with van der Waals surface area (Å²) in [5, 5.41) is 5.59. The van der Waals surface area contributed by atoms with Crippen molar-refractivity contribution in [2.24, 2.45) is 5.92 Å². The molecule has 3 rings (SSSR count). The molecular formula is C12H17N3OS. The van der Waals surface area contributed by atoms with Crippen molar-refractivity contribution in [3.05, 3.63) is 23.5 Å². The molecule has 2 aromatic rings.